The number of piperidine rings is 1. The van der Waals surface area contributed by atoms with Crippen LogP contribution in [0.15, 0.2) is 22.8 Å². The number of hydrogen-bond donors (Lipinski definition) is 2. The molecule has 0 bridgehead atoms. The summed E-state index contributed by atoms with van der Waals surface area (Å²) in [5, 5.41) is 12.3. The third-order valence-corrected chi connectivity index (χ3v) is 3.27. The summed E-state index contributed by atoms with van der Waals surface area (Å²) in [7, 11) is 0. The number of amides is 1. The predicted molar refractivity (Wildman–Crippen MR) is 66.9 cm³/mol. The average molecular weight is 252 g/mol. The van der Waals surface area contributed by atoms with E-state index in [0.29, 0.717) is 6.54 Å². The molecular formula is C13H20N2O3. The molecule has 18 heavy (non-hydrogen) atoms. The van der Waals surface area contributed by atoms with Gasteiger partial charge in [-0.05, 0) is 31.9 Å². The molecule has 0 spiro atoms. The number of furan rings is 1. The van der Waals surface area contributed by atoms with Gasteiger partial charge in [-0.25, -0.2) is 0 Å². The van der Waals surface area contributed by atoms with E-state index in [1.165, 1.54) is 0 Å². The smallest absolute Gasteiger partial charge is 0.234 e. The van der Waals surface area contributed by atoms with E-state index in [9.17, 15) is 9.90 Å². The molecule has 1 amide bonds. The molecule has 0 radical (unpaired) electrons. The maximum atomic E-state index is 11.8. The van der Waals surface area contributed by atoms with Crippen molar-refractivity contribution in [2.75, 3.05) is 19.6 Å². The first-order valence-corrected chi connectivity index (χ1v) is 6.38. The zero-order chi connectivity index (χ0) is 13.0. The van der Waals surface area contributed by atoms with Crippen LogP contribution >= 0.6 is 0 Å². The van der Waals surface area contributed by atoms with Crippen molar-refractivity contribution in [1.29, 1.82) is 0 Å². The van der Waals surface area contributed by atoms with Gasteiger partial charge in [0, 0.05) is 13.1 Å². The molecule has 1 aromatic rings. The number of likely N-dealkylation sites (tertiary alicyclic amines) is 1. The molecule has 1 aliphatic heterocycles. The number of rotatable bonds is 4. The van der Waals surface area contributed by atoms with Crippen molar-refractivity contribution >= 4 is 5.91 Å². The molecule has 1 aliphatic rings. The fraction of sp³-hybridized carbons (Fsp3) is 0.615. The fourth-order valence-electron chi connectivity index (χ4n) is 2.18. The molecule has 5 heteroatoms. The molecule has 0 aromatic carbocycles. The van der Waals surface area contributed by atoms with Crippen LogP contribution in [0.2, 0.25) is 0 Å². The molecular weight excluding hydrogens is 232 g/mol. The normalized spacial score (nSPS) is 19.7. The minimum Gasteiger partial charge on any atom is -0.467 e. The van der Waals surface area contributed by atoms with E-state index in [-0.39, 0.29) is 18.1 Å². The zero-order valence-corrected chi connectivity index (χ0v) is 10.6. The van der Waals surface area contributed by atoms with Crippen LogP contribution in [0.5, 0.6) is 0 Å². The first-order chi connectivity index (χ1) is 8.65. The Morgan fingerprint density at radius 3 is 2.94 bits per heavy atom. The Morgan fingerprint density at radius 2 is 2.33 bits per heavy atom. The molecule has 5 nitrogen and oxygen atoms in total. The molecule has 2 heterocycles. The van der Waals surface area contributed by atoms with Crippen LogP contribution < -0.4 is 5.32 Å². The van der Waals surface area contributed by atoms with Gasteiger partial charge in [0.05, 0.1) is 25.0 Å². The van der Waals surface area contributed by atoms with E-state index in [4.69, 9.17) is 4.42 Å². The second-order valence-corrected chi connectivity index (χ2v) is 4.81. The lowest BCUT2D eigenvalue weighted by Gasteiger charge is -2.29. The highest BCUT2D eigenvalue weighted by atomic mass is 16.3. The van der Waals surface area contributed by atoms with Crippen LogP contribution in [0.4, 0.5) is 0 Å². The number of aliphatic hydroxyl groups is 1. The van der Waals surface area contributed by atoms with Crippen molar-refractivity contribution in [3.63, 3.8) is 0 Å². The molecule has 1 fully saturated rings. The molecule has 1 saturated heterocycles. The van der Waals surface area contributed by atoms with E-state index in [0.717, 1.165) is 31.7 Å². The van der Waals surface area contributed by atoms with Gasteiger partial charge in [0.1, 0.15) is 5.76 Å². The second-order valence-electron chi connectivity index (χ2n) is 4.81. The van der Waals surface area contributed by atoms with Crippen LogP contribution in [-0.2, 0) is 4.79 Å². The SMILES string of the molecule is CC(NC(=O)CN1CCC(O)CC1)c1ccco1. The van der Waals surface area contributed by atoms with Gasteiger partial charge in [0.15, 0.2) is 0 Å². The third-order valence-electron chi connectivity index (χ3n) is 3.27. The Labute approximate surface area is 107 Å². The van der Waals surface area contributed by atoms with Crippen LogP contribution in [0.1, 0.15) is 31.6 Å². The molecule has 0 aliphatic carbocycles. The lowest BCUT2D eigenvalue weighted by atomic mass is 10.1. The number of hydrogen-bond acceptors (Lipinski definition) is 4. The van der Waals surface area contributed by atoms with Crippen LogP contribution in [-0.4, -0.2) is 41.7 Å². The van der Waals surface area contributed by atoms with E-state index in [2.05, 4.69) is 10.2 Å². The minimum atomic E-state index is -0.202. The molecule has 100 valence electrons. The molecule has 2 rings (SSSR count). The topological polar surface area (TPSA) is 65.7 Å². The van der Waals surface area contributed by atoms with Crippen LogP contribution in [0.25, 0.3) is 0 Å². The summed E-state index contributed by atoms with van der Waals surface area (Å²) in [5.74, 6) is 0.757. The molecule has 1 unspecified atom stereocenters. The van der Waals surface area contributed by atoms with Gasteiger partial charge in [0.2, 0.25) is 5.91 Å². The van der Waals surface area contributed by atoms with E-state index in [1.54, 1.807) is 6.26 Å². The second kappa shape index (κ2) is 6.02. The third kappa shape index (κ3) is 3.58. The van der Waals surface area contributed by atoms with Crippen LogP contribution in [0, 0.1) is 0 Å². The Morgan fingerprint density at radius 1 is 1.61 bits per heavy atom. The predicted octanol–water partition coefficient (Wildman–Crippen LogP) is 0.913. The quantitative estimate of drug-likeness (QED) is 0.836. The summed E-state index contributed by atoms with van der Waals surface area (Å²) < 4.78 is 5.24. The lowest BCUT2D eigenvalue weighted by molar-refractivity contribution is -0.123. The van der Waals surface area contributed by atoms with Gasteiger partial charge in [-0.1, -0.05) is 0 Å². The summed E-state index contributed by atoms with van der Waals surface area (Å²) in [5.41, 5.74) is 0. The lowest BCUT2D eigenvalue weighted by Crippen LogP contribution is -2.43. The number of nitrogens with one attached hydrogen (secondary N) is 1. The van der Waals surface area contributed by atoms with Crippen molar-refractivity contribution in [3.05, 3.63) is 24.2 Å². The summed E-state index contributed by atoms with van der Waals surface area (Å²) in [6.07, 6.45) is 2.90. The van der Waals surface area contributed by atoms with E-state index >= 15 is 0 Å². The van der Waals surface area contributed by atoms with Crippen molar-refractivity contribution < 1.29 is 14.3 Å². The van der Waals surface area contributed by atoms with Crippen molar-refractivity contribution in [2.45, 2.75) is 31.9 Å². The zero-order valence-electron chi connectivity index (χ0n) is 10.6. The van der Waals surface area contributed by atoms with Gasteiger partial charge >= 0.3 is 0 Å². The number of aliphatic hydroxyl groups excluding tert-OH is 1. The highest BCUT2D eigenvalue weighted by molar-refractivity contribution is 5.78. The monoisotopic (exact) mass is 252 g/mol. The molecule has 1 atom stereocenters. The molecule has 2 N–H and O–H groups in total. The summed E-state index contributed by atoms with van der Waals surface area (Å²) >= 11 is 0. The number of carbonyl (C=O) groups is 1. The maximum Gasteiger partial charge on any atom is 0.234 e. The highest BCUT2D eigenvalue weighted by Crippen LogP contribution is 2.13. The van der Waals surface area contributed by atoms with Gasteiger partial charge in [-0.2, -0.15) is 0 Å². The van der Waals surface area contributed by atoms with E-state index < -0.39 is 0 Å². The van der Waals surface area contributed by atoms with Crippen LogP contribution in [0.3, 0.4) is 0 Å². The standard InChI is InChI=1S/C13H20N2O3/c1-10(12-3-2-8-18-12)14-13(17)9-15-6-4-11(16)5-7-15/h2-3,8,10-11,16H,4-7,9H2,1H3,(H,14,17). The first-order valence-electron chi connectivity index (χ1n) is 6.38. The summed E-state index contributed by atoms with van der Waals surface area (Å²) in [6.45, 7) is 3.85. The first kappa shape index (κ1) is 13.1. The van der Waals surface area contributed by atoms with Crippen molar-refractivity contribution in [3.8, 4) is 0 Å². The van der Waals surface area contributed by atoms with Gasteiger partial charge in [-0.15, -0.1) is 0 Å². The fourth-order valence-corrected chi connectivity index (χ4v) is 2.18. The van der Waals surface area contributed by atoms with Crippen molar-refractivity contribution in [1.82, 2.24) is 10.2 Å². The van der Waals surface area contributed by atoms with Gasteiger partial charge in [-0.3, -0.25) is 9.69 Å². The summed E-state index contributed by atoms with van der Waals surface area (Å²) in [4.78, 5) is 13.9. The Balaban J connectivity index is 1.75. The average Bonchev–Trinajstić information content (AvgIpc) is 2.85. The van der Waals surface area contributed by atoms with Gasteiger partial charge in [0.25, 0.3) is 0 Å². The summed E-state index contributed by atoms with van der Waals surface area (Å²) in [6, 6.07) is 3.55. The largest absolute Gasteiger partial charge is 0.467 e. The highest BCUT2D eigenvalue weighted by Gasteiger charge is 2.20. The minimum absolute atomic E-state index is 0.00436. The molecule has 1 aromatic heterocycles. The number of carbonyl (C=O) groups excluding carboxylic acids is 1. The Bertz CT molecular complexity index is 370. The van der Waals surface area contributed by atoms with Crippen molar-refractivity contribution in [2.24, 2.45) is 0 Å². The Kier molecular flexibility index (Phi) is 4.38. The molecule has 0 saturated carbocycles. The maximum absolute atomic E-state index is 11.8. The number of nitrogens with zero attached hydrogens (tertiary/aromatic N) is 1. The Hall–Kier alpha value is -1.33. The van der Waals surface area contributed by atoms with E-state index in [1.807, 2.05) is 19.1 Å². The van der Waals surface area contributed by atoms with Gasteiger partial charge < -0.3 is 14.8 Å².